The van der Waals surface area contributed by atoms with Gasteiger partial charge in [0, 0.05) is 38.6 Å². The van der Waals surface area contributed by atoms with Crippen LogP contribution in [-0.2, 0) is 11.3 Å². The monoisotopic (exact) mass is 305 g/mol. The Balaban J connectivity index is 1.91. The van der Waals surface area contributed by atoms with Crippen LogP contribution in [-0.4, -0.2) is 52.7 Å². The first-order chi connectivity index (χ1) is 10.3. The second-order valence-electron chi connectivity index (χ2n) is 6.98. The molecule has 1 atom stereocenters. The number of likely N-dealkylation sites (tertiary alicyclic amines) is 1. The second-order valence-corrected chi connectivity index (χ2v) is 6.98. The van der Waals surface area contributed by atoms with E-state index in [0.29, 0.717) is 0 Å². The summed E-state index contributed by atoms with van der Waals surface area (Å²) in [6.07, 6.45) is 5.58. The largest absolute Gasteiger partial charge is 0.444 e. The maximum Gasteiger partial charge on any atom is 0.410 e. The van der Waals surface area contributed by atoms with Gasteiger partial charge in [0.05, 0.1) is 0 Å². The molecule has 1 fully saturated rings. The van der Waals surface area contributed by atoms with E-state index in [1.54, 1.807) is 11.1 Å². The molecule has 0 spiro atoms. The first-order valence-corrected chi connectivity index (χ1v) is 7.92. The SMILES string of the molecule is CN(C(=O)OC(C)(C)C)[C@H]1CCCN(Cc2cccnc2)C1. The molecule has 1 aromatic rings. The Morgan fingerprint density at radius 2 is 2.27 bits per heavy atom. The molecule has 2 rings (SSSR count). The Labute approximate surface area is 133 Å². The molecule has 1 aliphatic heterocycles. The molecule has 1 aromatic heterocycles. The molecule has 0 bridgehead atoms. The quantitative estimate of drug-likeness (QED) is 0.861. The summed E-state index contributed by atoms with van der Waals surface area (Å²) in [6, 6.07) is 4.26. The summed E-state index contributed by atoms with van der Waals surface area (Å²) in [5, 5.41) is 0. The van der Waals surface area contributed by atoms with Gasteiger partial charge in [0.1, 0.15) is 5.60 Å². The average Bonchev–Trinajstić information content (AvgIpc) is 2.46. The van der Waals surface area contributed by atoms with E-state index in [-0.39, 0.29) is 12.1 Å². The fourth-order valence-electron chi connectivity index (χ4n) is 2.72. The lowest BCUT2D eigenvalue weighted by atomic mass is 10.0. The number of aromatic nitrogens is 1. The highest BCUT2D eigenvalue weighted by Gasteiger charge is 2.29. The zero-order valence-electron chi connectivity index (χ0n) is 14.1. The Kier molecular flexibility index (Phi) is 5.40. The topological polar surface area (TPSA) is 45.7 Å². The zero-order chi connectivity index (χ0) is 16.2. The van der Waals surface area contributed by atoms with Crippen molar-refractivity contribution in [2.75, 3.05) is 20.1 Å². The molecule has 0 saturated carbocycles. The van der Waals surface area contributed by atoms with Crippen LogP contribution in [0.5, 0.6) is 0 Å². The van der Waals surface area contributed by atoms with Crippen LogP contribution in [0.3, 0.4) is 0 Å². The van der Waals surface area contributed by atoms with Crippen molar-refractivity contribution < 1.29 is 9.53 Å². The lowest BCUT2D eigenvalue weighted by Gasteiger charge is -2.38. The minimum Gasteiger partial charge on any atom is -0.444 e. The summed E-state index contributed by atoms with van der Waals surface area (Å²) in [4.78, 5) is 20.5. The smallest absolute Gasteiger partial charge is 0.410 e. The highest BCUT2D eigenvalue weighted by molar-refractivity contribution is 5.68. The van der Waals surface area contributed by atoms with Crippen molar-refractivity contribution in [3.63, 3.8) is 0 Å². The fourth-order valence-corrected chi connectivity index (χ4v) is 2.72. The van der Waals surface area contributed by atoms with Crippen LogP contribution in [0.15, 0.2) is 24.5 Å². The summed E-state index contributed by atoms with van der Waals surface area (Å²) in [6.45, 7) is 8.52. The van der Waals surface area contributed by atoms with Gasteiger partial charge in [-0.25, -0.2) is 4.79 Å². The lowest BCUT2D eigenvalue weighted by molar-refractivity contribution is 0.0130. The van der Waals surface area contributed by atoms with E-state index in [1.807, 2.05) is 40.1 Å². The number of nitrogens with zero attached hydrogens (tertiary/aromatic N) is 3. The maximum absolute atomic E-state index is 12.2. The highest BCUT2D eigenvalue weighted by atomic mass is 16.6. The van der Waals surface area contributed by atoms with E-state index in [0.717, 1.165) is 32.5 Å². The van der Waals surface area contributed by atoms with Crippen molar-refractivity contribution in [1.82, 2.24) is 14.8 Å². The third-order valence-corrected chi connectivity index (χ3v) is 3.84. The molecule has 5 nitrogen and oxygen atoms in total. The van der Waals surface area contributed by atoms with Crippen molar-refractivity contribution in [1.29, 1.82) is 0 Å². The number of hydrogen-bond donors (Lipinski definition) is 0. The molecule has 2 heterocycles. The molecule has 5 heteroatoms. The van der Waals surface area contributed by atoms with Gasteiger partial charge in [-0.3, -0.25) is 9.88 Å². The molecule has 0 aromatic carbocycles. The first-order valence-electron chi connectivity index (χ1n) is 7.92. The van der Waals surface area contributed by atoms with Gasteiger partial charge in [-0.05, 0) is 51.8 Å². The number of carbonyl (C=O) groups is 1. The van der Waals surface area contributed by atoms with E-state index < -0.39 is 5.60 Å². The number of likely N-dealkylation sites (N-methyl/N-ethyl adjacent to an activating group) is 1. The lowest BCUT2D eigenvalue weighted by Crippen LogP contribution is -2.49. The minimum absolute atomic E-state index is 0.209. The molecule has 0 radical (unpaired) electrons. The first kappa shape index (κ1) is 16.7. The van der Waals surface area contributed by atoms with E-state index in [4.69, 9.17) is 4.74 Å². The van der Waals surface area contributed by atoms with E-state index in [1.165, 1.54) is 5.56 Å². The predicted molar refractivity (Wildman–Crippen MR) is 86.5 cm³/mol. The van der Waals surface area contributed by atoms with Crippen LogP contribution in [0.25, 0.3) is 0 Å². The van der Waals surface area contributed by atoms with Gasteiger partial charge < -0.3 is 9.64 Å². The molecule has 0 N–H and O–H groups in total. The van der Waals surface area contributed by atoms with E-state index in [9.17, 15) is 4.79 Å². The van der Waals surface area contributed by atoms with Gasteiger partial charge in [-0.15, -0.1) is 0 Å². The fraction of sp³-hybridized carbons (Fsp3) is 0.647. The van der Waals surface area contributed by atoms with Crippen molar-refractivity contribution in [2.45, 2.75) is 51.8 Å². The van der Waals surface area contributed by atoms with Gasteiger partial charge in [0.15, 0.2) is 0 Å². The Hall–Kier alpha value is -1.62. The number of ether oxygens (including phenoxy) is 1. The van der Waals surface area contributed by atoms with Crippen LogP contribution in [0.4, 0.5) is 4.79 Å². The number of piperidine rings is 1. The summed E-state index contributed by atoms with van der Waals surface area (Å²) in [5.74, 6) is 0. The number of pyridine rings is 1. The molecule has 22 heavy (non-hydrogen) atoms. The van der Waals surface area contributed by atoms with Gasteiger partial charge in [-0.1, -0.05) is 6.07 Å². The standard InChI is InChI=1S/C17H27N3O2/c1-17(2,3)22-16(21)19(4)15-8-6-10-20(13-15)12-14-7-5-9-18-11-14/h5,7,9,11,15H,6,8,10,12-13H2,1-4H3/t15-/m0/s1. The van der Waals surface area contributed by atoms with Crippen molar-refractivity contribution in [3.05, 3.63) is 30.1 Å². The zero-order valence-corrected chi connectivity index (χ0v) is 14.1. The van der Waals surface area contributed by atoms with Crippen LogP contribution in [0.1, 0.15) is 39.2 Å². The Morgan fingerprint density at radius 3 is 2.91 bits per heavy atom. The summed E-state index contributed by atoms with van der Waals surface area (Å²) in [5.41, 5.74) is 0.762. The third-order valence-electron chi connectivity index (χ3n) is 3.84. The molecule has 1 aliphatic rings. The number of rotatable bonds is 3. The number of hydrogen-bond acceptors (Lipinski definition) is 4. The van der Waals surface area contributed by atoms with Crippen LogP contribution in [0.2, 0.25) is 0 Å². The summed E-state index contributed by atoms with van der Waals surface area (Å²) in [7, 11) is 1.84. The molecular weight excluding hydrogens is 278 g/mol. The van der Waals surface area contributed by atoms with E-state index in [2.05, 4.69) is 16.0 Å². The molecule has 0 aliphatic carbocycles. The van der Waals surface area contributed by atoms with Gasteiger partial charge in [0.25, 0.3) is 0 Å². The summed E-state index contributed by atoms with van der Waals surface area (Å²) < 4.78 is 5.46. The second kappa shape index (κ2) is 7.09. The average molecular weight is 305 g/mol. The Morgan fingerprint density at radius 1 is 1.50 bits per heavy atom. The predicted octanol–water partition coefficient (Wildman–Crippen LogP) is 2.91. The molecule has 1 amide bonds. The molecule has 0 unspecified atom stereocenters. The third kappa shape index (κ3) is 4.98. The highest BCUT2D eigenvalue weighted by Crippen LogP contribution is 2.19. The van der Waals surface area contributed by atoms with Crippen molar-refractivity contribution in [3.8, 4) is 0 Å². The van der Waals surface area contributed by atoms with Crippen molar-refractivity contribution in [2.24, 2.45) is 0 Å². The normalized spacial score (nSPS) is 19.7. The van der Waals surface area contributed by atoms with Gasteiger partial charge in [0.2, 0.25) is 0 Å². The van der Waals surface area contributed by atoms with Gasteiger partial charge in [-0.2, -0.15) is 0 Å². The van der Waals surface area contributed by atoms with Crippen molar-refractivity contribution >= 4 is 6.09 Å². The van der Waals surface area contributed by atoms with Gasteiger partial charge >= 0.3 is 6.09 Å². The van der Waals surface area contributed by atoms with Crippen LogP contribution in [0, 0.1) is 0 Å². The van der Waals surface area contributed by atoms with E-state index >= 15 is 0 Å². The molecular formula is C17H27N3O2. The minimum atomic E-state index is -0.449. The maximum atomic E-state index is 12.2. The molecule has 1 saturated heterocycles. The molecule has 122 valence electrons. The Bertz CT molecular complexity index is 484. The van der Waals surface area contributed by atoms with Crippen LogP contribution >= 0.6 is 0 Å². The summed E-state index contributed by atoms with van der Waals surface area (Å²) >= 11 is 0. The number of amides is 1. The van der Waals surface area contributed by atoms with Crippen LogP contribution < -0.4 is 0 Å². The number of carbonyl (C=O) groups excluding carboxylic acids is 1.